The van der Waals surface area contributed by atoms with Crippen molar-refractivity contribution in [2.24, 2.45) is 0 Å². The summed E-state index contributed by atoms with van der Waals surface area (Å²) in [4.78, 5) is 12.0. The lowest BCUT2D eigenvalue weighted by molar-refractivity contribution is 0.0962. The summed E-state index contributed by atoms with van der Waals surface area (Å²) in [6, 6.07) is 15.6. The molecule has 2 nitrogen and oxygen atoms in total. The van der Waals surface area contributed by atoms with Crippen molar-refractivity contribution in [3.63, 3.8) is 0 Å². The molecule has 0 N–H and O–H groups in total. The SMILES string of the molecule is Cc1cc(OCCC(=O)c2ccccc2)cc(C(C)C)c1. The molecule has 0 aliphatic rings. The fourth-order valence-corrected chi connectivity index (χ4v) is 2.22. The van der Waals surface area contributed by atoms with Crippen LogP contribution in [0.1, 0.15) is 47.7 Å². The Hall–Kier alpha value is -2.09. The summed E-state index contributed by atoms with van der Waals surface area (Å²) >= 11 is 0. The van der Waals surface area contributed by atoms with Crippen LogP contribution in [0.2, 0.25) is 0 Å². The van der Waals surface area contributed by atoms with Gasteiger partial charge < -0.3 is 4.74 Å². The molecule has 0 bridgehead atoms. The first-order valence-corrected chi connectivity index (χ1v) is 7.39. The third kappa shape index (κ3) is 4.45. The number of rotatable bonds is 6. The summed E-state index contributed by atoms with van der Waals surface area (Å²) in [5.74, 6) is 1.44. The number of aryl methyl sites for hydroxylation is 1. The summed E-state index contributed by atoms with van der Waals surface area (Å²) in [7, 11) is 0. The quantitative estimate of drug-likeness (QED) is 0.713. The molecule has 110 valence electrons. The summed E-state index contributed by atoms with van der Waals surface area (Å²) in [5.41, 5.74) is 3.19. The zero-order valence-electron chi connectivity index (χ0n) is 12.9. The summed E-state index contributed by atoms with van der Waals surface area (Å²) in [5, 5.41) is 0. The van der Waals surface area contributed by atoms with E-state index in [9.17, 15) is 4.79 Å². The van der Waals surface area contributed by atoms with E-state index in [0.717, 1.165) is 11.3 Å². The minimum Gasteiger partial charge on any atom is -0.493 e. The maximum absolute atomic E-state index is 12.0. The standard InChI is InChI=1S/C19H22O2/c1-14(2)17-11-15(3)12-18(13-17)21-10-9-19(20)16-7-5-4-6-8-16/h4-8,11-14H,9-10H2,1-3H3. The van der Waals surface area contributed by atoms with E-state index in [1.54, 1.807) is 0 Å². The van der Waals surface area contributed by atoms with Gasteiger partial charge in [0.1, 0.15) is 5.75 Å². The highest BCUT2D eigenvalue weighted by molar-refractivity contribution is 5.96. The van der Waals surface area contributed by atoms with Crippen LogP contribution in [0, 0.1) is 6.92 Å². The monoisotopic (exact) mass is 282 g/mol. The Bertz CT molecular complexity index is 600. The molecule has 0 unspecified atom stereocenters. The van der Waals surface area contributed by atoms with Gasteiger partial charge in [0.05, 0.1) is 6.61 Å². The van der Waals surface area contributed by atoms with Crippen molar-refractivity contribution >= 4 is 5.78 Å². The fourth-order valence-electron chi connectivity index (χ4n) is 2.22. The highest BCUT2D eigenvalue weighted by Gasteiger charge is 2.07. The van der Waals surface area contributed by atoms with E-state index in [1.807, 2.05) is 36.4 Å². The molecule has 21 heavy (non-hydrogen) atoms. The normalized spacial score (nSPS) is 10.7. The second-order valence-corrected chi connectivity index (χ2v) is 5.62. The molecule has 0 amide bonds. The molecule has 2 aromatic rings. The topological polar surface area (TPSA) is 26.3 Å². The third-order valence-corrected chi connectivity index (χ3v) is 3.43. The van der Waals surface area contributed by atoms with Gasteiger partial charge in [-0.3, -0.25) is 4.79 Å². The lowest BCUT2D eigenvalue weighted by Crippen LogP contribution is -2.07. The number of ketones is 1. The minimum absolute atomic E-state index is 0.118. The lowest BCUT2D eigenvalue weighted by atomic mass is 10.0. The van der Waals surface area contributed by atoms with Crippen LogP contribution in [-0.4, -0.2) is 12.4 Å². The number of hydrogen-bond acceptors (Lipinski definition) is 2. The number of benzene rings is 2. The van der Waals surface area contributed by atoms with Crippen molar-refractivity contribution < 1.29 is 9.53 Å². The minimum atomic E-state index is 0.118. The first kappa shape index (κ1) is 15.3. The van der Waals surface area contributed by atoms with Crippen molar-refractivity contribution in [2.45, 2.75) is 33.1 Å². The lowest BCUT2D eigenvalue weighted by Gasteiger charge is -2.11. The number of carbonyl (C=O) groups is 1. The summed E-state index contributed by atoms with van der Waals surface area (Å²) < 4.78 is 5.75. The molecule has 0 fully saturated rings. The molecule has 2 heteroatoms. The van der Waals surface area contributed by atoms with Crippen LogP contribution in [-0.2, 0) is 0 Å². The second kappa shape index (κ2) is 7.07. The maximum Gasteiger partial charge on any atom is 0.166 e. The molecule has 0 saturated heterocycles. The van der Waals surface area contributed by atoms with Crippen molar-refractivity contribution in [1.29, 1.82) is 0 Å². The molecule has 0 aliphatic carbocycles. The Morgan fingerprint density at radius 1 is 1.10 bits per heavy atom. The predicted octanol–water partition coefficient (Wildman–Crippen LogP) is 4.77. The molecule has 0 aromatic heterocycles. The van der Waals surface area contributed by atoms with E-state index in [0.29, 0.717) is 18.9 Å². The van der Waals surface area contributed by atoms with Crippen molar-refractivity contribution in [3.05, 3.63) is 65.2 Å². The van der Waals surface area contributed by atoms with Crippen LogP contribution >= 0.6 is 0 Å². The Morgan fingerprint density at radius 2 is 1.81 bits per heavy atom. The van der Waals surface area contributed by atoms with Gasteiger partial charge in [-0.15, -0.1) is 0 Å². The fraction of sp³-hybridized carbons (Fsp3) is 0.316. The summed E-state index contributed by atoms with van der Waals surface area (Å²) in [6.45, 7) is 6.80. The van der Waals surface area contributed by atoms with E-state index in [2.05, 4.69) is 32.9 Å². The van der Waals surface area contributed by atoms with Gasteiger partial charge in [-0.2, -0.15) is 0 Å². The van der Waals surface area contributed by atoms with Crippen LogP contribution in [0.4, 0.5) is 0 Å². The molecule has 0 heterocycles. The Kier molecular flexibility index (Phi) is 5.15. The molecular weight excluding hydrogens is 260 g/mol. The van der Waals surface area contributed by atoms with Gasteiger partial charge in [0, 0.05) is 12.0 Å². The first-order chi connectivity index (χ1) is 10.1. The molecular formula is C19H22O2. The molecule has 0 atom stereocenters. The number of carbonyl (C=O) groups excluding carboxylic acids is 1. The van der Waals surface area contributed by atoms with E-state index >= 15 is 0 Å². The zero-order valence-corrected chi connectivity index (χ0v) is 12.9. The highest BCUT2D eigenvalue weighted by Crippen LogP contribution is 2.23. The Morgan fingerprint density at radius 3 is 2.48 bits per heavy atom. The van der Waals surface area contributed by atoms with Crippen LogP contribution in [0.15, 0.2) is 48.5 Å². The van der Waals surface area contributed by atoms with Gasteiger partial charge >= 0.3 is 0 Å². The Labute approximate surface area is 126 Å². The van der Waals surface area contributed by atoms with E-state index in [4.69, 9.17) is 4.74 Å². The Balaban J connectivity index is 1.93. The van der Waals surface area contributed by atoms with Crippen molar-refractivity contribution in [2.75, 3.05) is 6.61 Å². The molecule has 0 spiro atoms. The smallest absolute Gasteiger partial charge is 0.166 e. The molecule has 2 rings (SSSR count). The van der Waals surface area contributed by atoms with Crippen molar-refractivity contribution in [1.82, 2.24) is 0 Å². The molecule has 2 aromatic carbocycles. The maximum atomic E-state index is 12.0. The highest BCUT2D eigenvalue weighted by atomic mass is 16.5. The first-order valence-electron chi connectivity index (χ1n) is 7.39. The zero-order chi connectivity index (χ0) is 15.2. The van der Waals surface area contributed by atoms with Gasteiger partial charge in [0.25, 0.3) is 0 Å². The van der Waals surface area contributed by atoms with Crippen LogP contribution in [0.3, 0.4) is 0 Å². The van der Waals surface area contributed by atoms with Crippen LogP contribution < -0.4 is 4.74 Å². The second-order valence-electron chi connectivity index (χ2n) is 5.62. The van der Waals surface area contributed by atoms with Crippen molar-refractivity contribution in [3.8, 4) is 5.75 Å². The van der Waals surface area contributed by atoms with Gasteiger partial charge in [-0.25, -0.2) is 0 Å². The van der Waals surface area contributed by atoms with Gasteiger partial charge in [-0.05, 0) is 36.1 Å². The third-order valence-electron chi connectivity index (χ3n) is 3.43. The molecule has 0 radical (unpaired) electrons. The average Bonchev–Trinajstić information content (AvgIpc) is 2.47. The molecule has 0 aliphatic heterocycles. The molecule has 0 saturated carbocycles. The van der Waals surface area contributed by atoms with E-state index in [1.165, 1.54) is 11.1 Å². The van der Waals surface area contributed by atoms with Gasteiger partial charge in [0.2, 0.25) is 0 Å². The largest absolute Gasteiger partial charge is 0.493 e. The average molecular weight is 282 g/mol. The number of Topliss-reactive ketones (excluding diaryl/α,β-unsaturated/α-hetero) is 1. The van der Waals surface area contributed by atoms with Crippen LogP contribution in [0.5, 0.6) is 5.75 Å². The van der Waals surface area contributed by atoms with E-state index in [-0.39, 0.29) is 5.78 Å². The predicted molar refractivity (Wildman–Crippen MR) is 86.2 cm³/mol. The van der Waals surface area contributed by atoms with Gasteiger partial charge in [0.15, 0.2) is 5.78 Å². The number of ether oxygens (including phenoxy) is 1. The van der Waals surface area contributed by atoms with Crippen LogP contribution in [0.25, 0.3) is 0 Å². The number of hydrogen-bond donors (Lipinski definition) is 0. The van der Waals surface area contributed by atoms with Gasteiger partial charge in [-0.1, -0.05) is 50.2 Å². The summed E-state index contributed by atoms with van der Waals surface area (Å²) in [6.07, 6.45) is 0.398. The van der Waals surface area contributed by atoms with E-state index < -0.39 is 0 Å².